The lowest BCUT2D eigenvalue weighted by Gasteiger charge is -1.99. The van der Waals surface area contributed by atoms with Gasteiger partial charge in [-0.1, -0.05) is 128 Å². The Bertz CT molecular complexity index is 157. The zero-order chi connectivity index (χ0) is 14.6. The van der Waals surface area contributed by atoms with Crippen molar-refractivity contribution in [2.45, 2.75) is 142 Å². The number of allylic oxidation sites excluding steroid dienone is 2. The van der Waals surface area contributed by atoms with Crippen LogP contribution in [0.2, 0.25) is 0 Å². The van der Waals surface area contributed by atoms with E-state index in [0.717, 1.165) is 0 Å². The van der Waals surface area contributed by atoms with Crippen molar-refractivity contribution in [2.24, 2.45) is 0 Å². The average molecular weight is 363 g/mol. The standard InChI is InChI=1S/C12H24.C7H14.6CH4/c1-3-5-7-9-11-12-10-8-6-4-2;1-3-5-7-6-4-2;;;;;;/h3H,1,4-12H2,2H3;3H,1,4-7H2,2H3;6*1H4. The highest BCUT2D eigenvalue weighted by molar-refractivity contribution is 4.65. The van der Waals surface area contributed by atoms with Gasteiger partial charge >= 0.3 is 0 Å². The molecule has 0 nitrogen and oxygen atoms in total. The largest absolute Gasteiger partial charge is 0.103 e. The van der Waals surface area contributed by atoms with Gasteiger partial charge in [0.1, 0.15) is 0 Å². The predicted molar refractivity (Wildman–Crippen MR) is 132 cm³/mol. The van der Waals surface area contributed by atoms with E-state index in [2.05, 4.69) is 27.0 Å². The van der Waals surface area contributed by atoms with Crippen LogP contribution in [-0.4, -0.2) is 0 Å². The van der Waals surface area contributed by atoms with Gasteiger partial charge in [0.2, 0.25) is 0 Å². The fourth-order valence-electron chi connectivity index (χ4n) is 1.96. The zero-order valence-electron chi connectivity index (χ0n) is 13.8. The molecule has 0 rings (SSSR count). The molecule has 0 radical (unpaired) electrons. The molecule has 25 heavy (non-hydrogen) atoms. The van der Waals surface area contributed by atoms with Gasteiger partial charge in [-0.05, 0) is 25.7 Å². The minimum atomic E-state index is 0. The van der Waals surface area contributed by atoms with Gasteiger partial charge in [-0.2, -0.15) is 0 Å². The van der Waals surface area contributed by atoms with Crippen LogP contribution in [0.1, 0.15) is 142 Å². The molecule has 0 aliphatic rings. The maximum absolute atomic E-state index is 3.72. The molecule has 0 aliphatic heterocycles. The van der Waals surface area contributed by atoms with Crippen molar-refractivity contribution in [3.8, 4) is 0 Å². The summed E-state index contributed by atoms with van der Waals surface area (Å²) in [6.07, 6.45) is 21.7. The van der Waals surface area contributed by atoms with Gasteiger partial charge in [0, 0.05) is 0 Å². The van der Waals surface area contributed by atoms with Crippen LogP contribution in [0.25, 0.3) is 0 Å². The molecule has 0 aromatic rings. The summed E-state index contributed by atoms with van der Waals surface area (Å²) in [6.45, 7) is 11.8. The van der Waals surface area contributed by atoms with Crippen molar-refractivity contribution < 1.29 is 0 Å². The molecule has 0 amide bonds. The Morgan fingerprint density at radius 1 is 0.440 bits per heavy atom. The second-order valence-electron chi connectivity index (χ2n) is 5.34. The average Bonchev–Trinajstić information content (AvgIpc) is 2.43. The van der Waals surface area contributed by atoms with Crippen LogP contribution in [0.5, 0.6) is 0 Å². The van der Waals surface area contributed by atoms with E-state index < -0.39 is 0 Å². The SMILES string of the molecule is C.C.C.C.C.C.C=CCCCCC.C=CCCCCCCCCCC. The molecule has 0 saturated heterocycles. The van der Waals surface area contributed by atoms with E-state index in [4.69, 9.17) is 0 Å². The van der Waals surface area contributed by atoms with Crippen molar-refractivity contribution in [3.63, 3.8) is 0 Å². The topological polar surface area (TPSA) is 0 Å². The molecule has 0 fully saturated rings. The Balaban J connectivity index is -0.0000000334. The van der Waals surface area contributed by atoms with Crippen LogP contribution < -0.4 is 0 Å². The molecule has 0 saturated carbocycles. The maximum atomic E-state index is 3.72. The molecule has 0 spiro atoms. The summed E-state index contributed by atoms with van der Waals surface area (Å²) in [5.41, 5.74) is 0. The van der Waals surface area contributed by atoms with E-state index in [1.54, 1.807) is 0 Å². The van der Waals surface area contributed by atoms with E-state index in [-0.39, 0.29) is 44.6 Å². The third-order valence-corrected chi connectivity index (χ3v) is 3.27. The van der Waals surface area contributed by atoms with Gasteiger partial charge in [-0.3, -0.25) is 0 Å². The molecule has 0 atom stereocenters. The molecule has 0 aliphatic carbocycles. The maximum Gasteiger partial charge on any atom is -0.0353 e. The number of hydrogen-bond donors (Lipinski definition) is 0. The van der Waals surface area contributed by atoms with Crippen LogP contribution >= 0.6 is 0 Å². The van der Waals surface area contributed by atoms with E-state index >= 15 is 0 Å². The van der Waals surface area contributed by atoms with Crippen LogP contribution in [-0.2, 0) is 0 Å². The fraction of sp³-hybridized carbons (Fsp3) is 0.840. The molecule has 0 unspecified atom stereocenters. The molecule has 0 bridgehead atoms. The molecule has 0 aromatic carbocycles. The number of unbranched alkanes of at least 4 members (excludes halogenated alkanes) is 11. The highest BCUT2D eigenvalue weighted by atomic mass is 14.0. The Morgan fingerprint density at radius 2 is 0.680 bits per heavy atom. The van der Waals surface area contributed by atoms with Gasteiger partial charge in [-0.25, -0.2) is 0 Å². The Kier molecular flexibility index (Phi) is 112. The normalized spacial score (nSPS) is 7.28. The quantitative estimate of drug-likeness (QED) is 0.225. The lowest BCUT2D eigenvalue weighted by atomic mass is 10.1. The zero-order valence-corrected chi connectivity index (χ0v) is 13.8. The minimum absolute atomic E-state index is 0. The highest BCUT2D eigenvalue weighted by Crippen LogP contribution is 2.09. The smallest absolute Gasteiger partial charge is 0.0353 e. The summed E-state index contributed by atoms with van der Waals surface area (Å²) in [4.78, 5) is 0. The van der Waals surface area contributed by atoms with Crippen molar-refractivity contribution in [2.75, 3.05) is 0 Å². The van der Waals surface area contributed by atoms with E-state index in [9.17, 15) is 0 Å². The third-order valence-electron chi connectivity index (χ3n) is 3.27. The second-order valence-corrected chi connectivity index (χ2v) is 5.34. The molecule has 0 heterocycles. The Labute approximate surface area is 167 Å². The van der Waals surface area contributed by atoms with Gasteiger partial charge < -0.3 is 0 Å². The molecular weight excluding hydrogens is 300 g/mol. The summed E-state index contributed by atoms with van der Waals surface area (Å²) >= 11 is 0. The summed E-state index contributed by atoms with van der Waals surface area (Å²) in [5, 5.41) is 0. The number of rotatable bonds is 13. The monoisotopic (exact) mass is 362 g/mol. The lowest BCUT2D eigenvalue weighted by Crippen LogP contribution is -1.79. The number of hydrogen-bond acceptors (Lipinski definition) is 0. The molecule has 0 heteroatoms. The first-order valence-electron chi connectivity index (χ1n) is 8.55. The van der Waals surface area contributed by atoms with Crippen LogP contribution in [0.15, 0.2) is 25.3 Å². The van der Waals surface area contributed by atoms with Crippen molar-refractivity contribution in [1.29, 1.82) is 0 Å². The summed E-state index contributed by atoms with van der Waals surface area (Å²) in [7, 11) is 0. The Morgan fingerprint density at radius 3 is 1.00 bits per heavy atom. The predicted octanol–water partition coefficient (Wildman–Crippen LogP) is 11.3. The summed E-state index contributed by atoms with van der Waals surface area (Å²) < 4.78 is 0. The molecule has 0 aromatic heterocycles. The van der Waals surface area contributed by atoms with Crippen molar-refractivity contribution >= 4 is 0 Å². The summed E-state index contributed by atoms with van der Waals surface area (Å²) in [6, 6.07) is 0. The van der Waals surface area contributed by atoms with Gasteiger partial charge in [0.05, 0.1) is 0 Å². The fourth-order valence-corrected chi connectivity index (χ4v) is 1.96. The third kappa shape index (κ3) is 69.6. The van der Waals surface area contributed by atoms with Gasteiger partial charge in [0.25, 0.3) is 0 Å². The van der Waals surface area contributed by atoms with Crippen LogP contribution in [0.4, 0.5) is 0 Å². The van der Waals surface area contributed by atoms with E-state index in [0.29, 0.717) is 0 Å². The lowest BCUT2D eigenvalue weighted by molar-refractivity contribution is 0.578. The van der Waals surface area contributed by atoms with Crippen LogP contribution in [0.3, 0.4) is 0 Å². The minimum Gasteiger partial charge on any atom is -0.103 e. The summed E-state index contributed by atoms with van der Waals surface area (Å²) in [5.74, 6) is 0. The van der Waals surface area contributed by atoms with E-state index in [1.165, 1.54) is 83.5 Å². The van der Waals surface area contributed by atoms with Crippen molar-refractivity contribution in [1.82, 2.24) is 0 Å². The second kappa shape index (κ2) is 56.6. The van der Waals surface area contributed by atoms with Gasteiger partial charge in [-0.15, -0.1) is 13.2 Å². The Hall–Kier alpha value is -0.520. The molecule has 162 valence electrons. The first kappa shape index (κ1) is 49.7. The molecule has 0 N–H and O–H groups in total. The van der Waals surface area contributed by atoms with E-state index in [1.807, 2.05) is 12.2 Å². The van der Waals surface area contributed by atoms with Gasteiger partial charge in [0.15, 0.2) is 0 Å². The first-order chi connectivity index (χ1) is 9.33. The molecular formula is C25H62. The highest BCUT2D eigenvalue weighted by Gasteiger charge is 1.89. The first-order valence-corrected chi connectivity index (χ1v) is 8.55. The van der Waals surface area contributed by atoms with Crippen molar-refractivity contribution in [3.05, 3.63) is 25.3 Å². The van der Waals surface area contributed by atoms with Crippen LogP contribution in [0, 0.1) is 0 Å².